The fourth-order valence-electron chi connectivity index (χ4n) is 1.81. The predicted octanol–water partition coefficient (Wildman–Crippen LogP) is 1.19. The first-order chi connectivity index (χ1) is 9.29. The minimum Gasteiger partial charge on any atom is -0.385 e. The lowest BCUT2D eigenvalue weighted by Crippen LogP contribution is -2.32. The number of halogens is 3. The first-order valence-electron chi connectivity index (χ1n) is 5.54. The van der Waals surface area contributed by atoms with Gasteiger partial charge in [0.05, 0.1) is 12.1 Å². The lowest BCUT2D eigenvalue weighted by molar-refractivity contribution is -0.138. The third kappa shape index (κ3) is 2.73. The summed E-state index contributed by atoms with van der Waals surface area (Å²) in [7, 11) is 0. The first kappa shape index (κ1) is 13.9. The summed E-state index contributed by atoms with van der Waals surface area (Å²) in [6, 6.07) is 5.79. The molecule has 8 heteroatoms. The van der Waals surface area contributed by atoms with Gasteiger partial charge in [-0.25, -0.2) is 4.79 Å². The minimum atomic E-state index is -4.53. The molecule has 0 bridgehead atoms. The van der Waals surface area contributed by atoms with Crippen LogP contribution >= 0.6 is 0 Å². The van der Waals surface area contributed by atoms with Crippen LogP contribution in [0.4, 0.5) is 19.0 Å². The van der Waals surface area contributed by atoms with Crippen LogP contribution in [0.3, 0.4) is 0 Å². The molecule has 2 rings (SSSR count). The predicted molar refractivity (Wildman–Crippen MR) is 66.3 cm³/mol. The van der Waals surface area contributed by atoms with Gasteiger partial charge in [0.25, 0.3) is 5.56 Å². The molecule has 0 aliphatic rings. The molecule has 1 aromatic carbocycles. The van der Waals surface area contributed by atoms with Gasteiger partial charge in [-0.05, 0) is 11.6 Å². The molecule has 0 aliphatic heterocycles. The third-order valence-corrected chi connectivity index (χ3v) is 2.72. The number of alkyl halides is 3. The Kier molecular flexibility index (Phi) is 3.39. The second kappa shape index (κ2) is 4.87. The van der Waals surface area contributed by atoms with Crippen LogP contribution in [-0.4, -0.2) is 9.55 Å². The van der Waals surface area contributed by atoms with Crippen LogP contribution in [0.1, 0.15) is 11.1 Å². The first-order valence-corrected chi connectivity index (χ1v) is 5.54. The highest BCUT2D eigenvalue weighted by Gasteiger charge is 2.33. The quantitative estimate of drug-likeness (QED) is 0.869. The monoisotopic (exact) mass is 285 g/mol. The molecule has 0 atom stereocenters. The van der Waals surface area contributed by atoms with Crippen molar-refractivity contribution in [3.63, 3.8) is 0 Å². The molecule has 1 aromatic heterocycles. The normalized spacial score (nSPS) is 11.6. The van der Waals surface area contributed by atoms with Crippen molar-refractivity contribution in [2.45, 2.75) is 12.7 Å². The van der Waals surface area contributed by atoms with E-state index in [2.05, 4.69) is 0 Å². The van der Waals surface area contributed by atoms with Crippen molar-refractivity contribution in [3.8, 4) is 0 Å². The summed E-state index contributed by atoms with van der Waals surface area (Å²) < 4.78 is 39.4. The molecule has 1 heterocycles. The zero-order chi connectivity index (χ0) is 14.9. The van der Waals surface area contributed by atoms with E-state index in [9.17, 15) is 22.8 Å². The molecular weight excluding hydrogens is 275 g/mol. The molecule has 3 N–H and O–H groups in total. The molecule has 0 saturated heterocycles. The fraction of sp³-hybridized carbons (Fsp3) is 0.167. The van der Waals surface area contributed by atoms with Crippen LogP contribution in [0.2, 0.25) is 0 Å². The van der Waals surface area contributed by atoms with Crippen molar-refractivity contribution in [2.75, 3.05) is 5.73 Å². The molecule has 2 aromatic rings. The summed E-state index contributed by atoms with van der Waals surface area (Å²) >= 11 is 0. The van der Waals surface area contributed by atoms with Gasteiger partial charge in [-0.3, -0.25) is 14.3 Å². The molecule has 0 spiro atoms. The molecule has 20 heavy (non-hydrogen) atoms. The van der Waals surface area contributed by atoms with Crippen molar-refractivity contribution >= 4 is 5.82 Å². The van der Waals surface area contributed by atoms with Crippen LogP contribution in [0.25, 0.3) is 0 Å². The molecule has 0 radical (unpaired) electrons. The van der Waals surface area contributed by atoms with Gasteiger partial charge in [0.1, 0.15) is 5.82 Å². The van der Waals surface area contributed by atoms with Gasteiger partial charge in [-0.1, -0.05) is 18.2 Å². The van der Waals surface area contributed by atoms with E-state index in [1.807, 2.05) is 4.98 Å². The van der Waals surface area contributed by atoms with Crippen LogP contribution in [0.5, 0.6) is 0 Å². The second-order valence-corrected chi connectivity index (χ2v) is 4.10. The van der Waals surface area contributed by atoms with E-state index in [-0.39, 0.29) is 17.9 Å². The van der Waals surface area contributed by atoms with E-state index in [4.69, 9.17) is 5.73 Å². The van der Waals surface area contributed by atoms with Gasteiger partial charge in [0.2, 0.25) is 0 Å². The van der Waals surface area contributed by atoms with Crippen LogP contribution < -0.4 is 17.0 Å². The minimum absolute atomic E-state index is 0.110. The Hall–Kier alpha value is -2.51. The number of aromatic amines is 1. The number of H-pyrrole nitrogens is 1. The Morgan fingerprint density at radius 2 is 1.85 bits per heavy atom. The highest BCUT2D eigenvalue weighted by Crippen LogP contribution is 2.32. The van der Waals surface area contributed by atoms with E-state index in [1.54, 1.807) is 0 Å². The van der Waals surface area contributed by atoms with Gasteiger partial charge in [-0.15, -0.1) is 0 Å². The average molecular weight is 285 g/mol. The molecule has 0 amide bonds. The lowest BCUT2D eigenvalue weighted by Gasteiger charge is -2.14. The average Bonchev–Trinajstić information content (AvgIpc) is 2.33. The van der Waals surface area contributed by atoms with Crippen LogP contribution in [0.15, 0.2) is 39.9 Å². The summed E-state index contributed by atoms with van der Waals surface area (Å²) in [6.45, 7) is -0.378. The summed E-state index contributed by atoms with van der Waals surface area (Å²) in [6.07, 6.45) is -4.53. The standard InChI is InChI=1S/C12H10F3N3O2/c13-12(14,15)8-4-2-1-3-7(8)6-18-9(16)5-10(19)17-11(18)20/h1-5H,6,16H2,(H,17,19,20). The Balaban J connectivity index is 2.52. The summed E-state index contributed by atoms with van der Waals surface area (Å²) in [5, 5.41) is 0. The van der Waals surface area contributed by atoms with E-state index in [1.165, 1.54) is 18.2 Å². The number of nitrogens with one attached hydrogen (secondary N) is 1. The SMILES string of the molecule is Nc1cc(=O)[nH]c(=O)n1Cc1ccccc1C(F)(F)F. The fourth-order valence-corrected chi connectivity index (χ4v) is 1.81. The zero-order valence-corrected chi connectivity index (χ0v) is 10.1. The zero-order valence-electron chi connectivity index (χ0n) is 10.1. The molecule has 0 saturated carbocycles. The number of aromatic nitrogens is 2. The maximum atomic E-state index is 12.8. The van der Waals surface area contributed by atoms with Gasteiger partial charge < -0.3 is 5.73 Å². The number of hydrogen-bond donors (Lipinski definition) is 2. The van der Waals surface area contributed by atoms with Gasteiger partial charge >= 0.3 is 11.9 Å². The van der Waals surface area contributed by atoms with Crippen molar-refractivity contribution < 1.29 is 13.2 Å². The van der Waals surface area contributed by atoms with Crippen molar-refractivity contribution in [1.82, 2.24) is 9.55 Å². The number of anilines is 1. The van der Waals surface area contributed by atoms with Crippen LogP contribution in [-0.2, 0) is 12.7 Å². The highest BCUT2D eigenvalue weighted by molar-refractivity contribution is 5.33. The number of nitrogen functional groups attached to an aromatic ring is 1. The Labute approximate surface area is 110 Å². The molecular formula is C12H10F3N3O2. The maximum absolute atomic E-state index is 12.8. The van der Waals surface area contributed by atoms with Gasteiger partial charge in [-0.2, -0.15) is 13.2 Å². The number of hydrogen-bond acceptors (Lipinski definition) is 3. The number of benzene rings is 1. The Morgan fingerprint density at radius 3 is 2.45 bits per heavy atom. The van der Waals surface area contributed by atoms with E-state index in [0.29, 0.717) is 0 Å². The smallest absolute Gasteiger partial charge is 0.385 e. The van der Waals surface area contributed by atoms with E-state index < -0.39 is 23.0 Å². The van der Waals surface area contributed by atoms with E-state index >= 15 is 0 Å². The number of rotatable bonds is 2. The Bertz CT molecular complexity index is 747. The molecule has 0 fully saturated rings. The van der Waals surface area contributed by atoms with Gasteiger partial charge in [0, 0.05) is 6.07 Å². The van der Waals surface area contributed by atoms with Crippen LogP contribution in [0, 0.1) is 0 Å². The molecule has 0 unspecified atom stereocenters. The van der Waals surface area contributed by atoms with Crippen molar-refractivity contribution in [2.24, 2.45) is 0 Å². The van der Waals surface area contributed by atoms with Gasteiger partial charge in [0.15, 0.2) is 0 Å². The van der Waals surface area contributed by atoms with Crippen molar-refractivity contribution in [3.05, 3.63) is 62.3 Å². The van der Waals surface area contributed by atoms with Crippen molar-refractivity contribution in [1.29, 1.82) is 0 Å². The molecule has 5 nitrogen and oxygen atoms in total. The summed E-state index contributed by atoms with van der Waals surface area (Å²) in [5.41, 5.74) is 2.98. The Morgan fingerprint density at radius 1 is 1.20 bits per heavy atom. The highest BCUT2D eigenvalue weighted by atomic mass is 19.4. The molecule has 106 valence electrons. The lowest BCUT2D eigenvalue weighted by atomic mass is 10.1. The summed E-state index contributed by atoms with van der Waals surface area (Å²) in [4.78, 5) is 24.5. The molecule has 0 aliphatic carbocycles. The van der Waals surface area contributed by atoms with E-state index in [0.717, 1.165) is 16.7 Å². The number of nitrogens with zero attached hydrogens (tertiary/aromatic N) is 1. The number of nitrogens with two attached hydrogens (primary N) is 1. The summed E-state index contributed by atoms with van der Waals surface area (Å²) in [5.74, 6) is -0.198. The third-order valence-electron chi connectivity index (χ3n) is 2.72. The topological polar surface area (TPSA) is 80.9 Å². The second-order valence-electron chi connectivity index (χ2n) is 4.10. The maximum Gasteiger partial charge on any atom is 0.416 e. The largest absolute Gasteiger partial charge is 0.416 e.